The van der Waals surface area contributed by atoms with E-state index in [-0.39, 0.29) is 17.8 Å². The van der Waals surface area contributed by atoms with Crippen LogP contribution in [0.1, 0.15) is 15.9 Å². The van der Waals surface area contributed by atoms with Gasteiger partial charge in [-0.25, -0.2) is 8.78 Å². The van der Waals surface area contributed by atoms with E-state index in [1.807, 2.05) is 0 Å². The van der Waals surface area contributed by atoms with Crippen molar-refractivity contribution in [1.29, 1.82) is 0 Å². The largest absolute Gasteiger partial charge is 0.497 e. The quantitative estimate of drug-likeness (QED) is 0.781. The van der Waals surface area contributed by atoms with Crippen molar-refractivity contribution >= 4 is 21.7 Å². The lowest BCUT2D eigenvalue weighted by molar-refractivity contribution is 0.0989. The lowest BCUT2D eigenvalue weighted by atomic mass is 10.0. The number of hydrogen-bond donors (Lipinski definition) is 0. The summed E-state index contributed by atoms with van der Waals surface area (Å²) in [6, 6.07) is 8.40. The molecule has 0 fully saturated rings. The third-order valence-corrected chi connectivity index (χ3v) is 3.56. The van der Waals surface area contributed by atoms with E-state index < -0.39 is 11.6 Å². The minimum atomic E-state index is -0.725. The highest BCUT2D eigenvalue weighted by atomic mass is 79.9. The molecule has 0 bridgehead atoms. The summed E-state index contributed by atoms with van der Waals surface area (Å²) in [6.07, 6.45) is -0.343. The fraction of sp³-hybridized carbons (Fsp3) is 0.133. The lowest BCUT2D eigenvalue weighted by Crippen LogP contribution is -2.08. The molecule has 2 aromatic carbocycles. The maximum absolute atomic E-state index is 13.5. The van der Waals surface area contributed by atoms with Crippen molar-refractivity contribution in [2.75, 3.05) is 7.11 Å². The van der Waals surface area contributed by atoms with Crippen LogP contribution in [0.25, 0.3) is 0 Å². The van der Waals surface area contributed by atoms with E-state index in [4.69, 9.17) is 4.74 Å². The van der Waals surface area contributed by atoms with Crippen molar-refractivity contribution in [3.63, 3.8) is 0 Å². The minimum Gasteiger partial charge on any atom is -0.497 e. The summed E-state index contributed by atoms with van der Waals surface area (Å²) in [4.78, 5) is 12.2. The molecule has 0 aromatic heterocycles. The molecule has 2 nitrogen and oxygen atoms in total. The fourth-order valence-electron chi connectivity index (χ4n) is 1.80. The van der Waals surface area contributed by atoms with Gasteiger partial charge < -0.3 is 4.74 Å². The molecule has 0 radical (unpaired) electrons. The Labute approximate surface area is 123 Å². The molecule has 5 heteroatoms. The highest BCUT2D eigenvalue weighted by Crippen LogP contribution is 2.25. The maximum atomic E-state index is 13.5. The summed E-state index contributed by atoms with van der Waals surface area (Å²) in [5, 5.41) is 0. The second kappa shape index (κ2) is 6.13. The molecule has 2 rings (SSSR count). The summed E-state index contributed by atoms with van der Waals surface area (Å²) in [6.45, 7) is 0. The summed E-state index contributed by atoms with van der Waals surface area (Å²) < 4.78 is 32.7. The summed E-state index contributed by atoms with van der Waals surface area (Å²) in [5.41, 5.74) is 0.0965. The first-order chi connectivity index (χ1) is 9.52. The van der Waals surface area contributed by atoms with Gasteiger partial charge in [0.1, 0.15) is 17.4 Å². The van der Waals surface area contributed by atoms with Crippen molar-refractivity contribution in [2.24, 2.45) is 0 Å². The van der Waals surface area contributed by atoms with Crippen molar-refractivity contribution in [1.82, 2.24) is 0 Å². The fourth-order valence-corrected chi connectivity index (χ4v) is 2.27. The molecule has 2 aromatic rings. The standard InChI is InChI=1S/C15H11BrF2O2/c1-20-9-5-6-12(16)10(7-9)15(19)8-11-13(17)3-2-4-14(11)18/h2-7H,8H2,1H3. The van der Waals surface area contributed by atoms with Crippen molar-refractivity contribution in [2.45, 2.75) is 6.42 Å². The average molecular weight is 341 g/mol. The Bertz CT molecular complexity index is 636. The van der Waals surface area contributed by atoms with Gasteiger partial charge in [0.15, 0.2) is 5.78 Å². The Morgan fingerprint density at radius 3 is 2.45 bits per heavy atom. The monoisotopic (exact) mass is 340 g/mol. The average Bonchev–Trinajstić information content (AvgIpc) is 2.43. The van der Waals surface area contributed by atoms with Crippen LogP contribution in [-0.4, -0.2) is 12.9 Å². The summed E-state index contributed by atoms with van der Waals surface area (Å²) in [7, 11) is 1.48. The molecule has 0 unspecified atom stereocenters. The van der Waals surface area contributed by atoms with Gasteiger partial charge >= 0.3 is 0 Å². The smallest absolute Gasteiger partial charge is 0.168 e. The Hall–Kier alpha value is -1.75. The molecule has 0 aliphatic carbocycles. The molecular weight excluding hydrogens is 330 g/mol. The van der Waals surface area contributed by atoms with Crippen LogP contribution >= 0.6 is 15.9 Å². The third kappa shape index (κ3) is 3.04. The zero-order valence-electron chi connectivity index (χ0n) is 10.6. The number of methoxy groups -OCH3 is 1. The number of Topliss-reactive ketones (excluding diaryl/α,β-unsaturated/α-hetero) is 1. The van der Waals surface area contributed by atoms with Crippen molar-refractivity contribution in [3.05, 3.63) is 63.6 Å². The number of ether oxygens (including phenoxy) is 1. The predicted molar refractivity (Wildman–Crippen MR) is 75.1 cm³/mol. The Kier molecular flexibility index (Phi) is 4.49. The van der Waals surface area contributed by atoms with Gasteiger partial charge in [0, 0.05) is 22.0 Å². The van der Waals surface area contributed by atoms with Gasteiger partial charge in [-0.05, 0) is 30.3 Å². The van der Waals surface area contributed by atoms with Gasteiger partial charge in [0.05, 0.1) is 7.11 Å². The molecular formula is C15H11BrF2O2. The second-order valence-electron chi connectivity index (χ2n) is 4.15. The van der Waals surface area contributed by atoms with E-state index in [2.05, 4.69) is 15.9 Å². The topological polar surface area (TPSA) is 26.3 Å². The van der Waals surface area contributed by atoms with E-state index in [1.165, 1.54) is 19.2 Å². The first kappa shape index (κ1) is 14.7. The van der Waals surface area contributed by atoms with Crippen LogP contribution in [0, 0.1) is 11.6 Å². The Morgan fingerprint density at radius 2 is 1.85 bits per heavy atom. The maximum Gasteiger partial charge on any atom is 0.168 e. The second-order valence-corrected chi connectivity index (χ2v) is 5.00. The first-order valence-corrected chi connectivity index (χ1v) is 6.62. The number of halogens is 3. The van der Waals surface area contributed by atoms with E-state index in [0.717, 1.165) is 12.1 Å². The number of carbonyl (C=O) groups is 1. The van der Waals surface area contributed by atoms with Crippen molar-refractivity contribution < 1.29 is 18.3 Å². The highest BCUT2D eigenvalue weighted by molar-refractivity contribution is 9.10. The Morgan fingerprint density at radius 1 is 1.20 bits per heavy atom. The zero-order chi connectivity index (χ0) is 14.7. The number of benzene rings is 2. The molecule has 104 valence electrons. The van der Waals surface area contributed by atoms with Crippen LogP contribution in [0.5, 0.6) is 5.75 Å². The molecule has 20 heavy (non-hydrogen) atoms. The van der Waals surface area contributed by atoms with Gasteiger partial charge in [-0.3, -0.25) is 4.79 Å². The van der Waals surface area contributed by atoms with Crippen LogP contribution in [0.2, 0.25) is 0 Å². The third-order valence-electron chi connectivity index (χ3n) is 2.87. The molecule has 0 amide bonds. The van der Waals surface area contributed by atoms with Crippen LogP contribution in [0.4, 0.5) is 8.78 Å². The number of carbonyl (C=O) groups excluding carboxylic acids is 1. The lowest BCUT2D eigenvalue weighted by Gasteiger charge is -2.08. The molecule has 0 atom stereocenters. The predicted octanol–water partition coefficient (Wildman–Crippen LogP) is 4.16. The molecule has 0 aliphatic heterocycles. The van der Waals surface area contributed by atoms with Gasteiger partial charge in [-0.15, -0.1) is 0 Å². The van der Waals surface area contributed by atoms with Crippen molar-refractivity contribution in [3.8, 4) is 5.75 Å². The van der Waals surface area contributed by atoms with Gasteiger partial charge in [-0.1, -0.05) is 22.0 Å². The summed E-state index contributed by atoms with van der Waals surface area (Å²) in [5.74, 6) is -1.33. The normalized spacial score (nSPS) is 10.4. The number of rotatable bonds is 4. The highest BCUT2D eigenvalue weighted by Gasteiger charge is 2.17. The number of hydrogen-bond acceptors (Lipinski definition) is 2. The van der Waals surface area contributed by atoms with Crippen LogP contribution in [0.3, 0.4) is 0 Å². The van der Waals surface area contributed by atoms with E-state index in [1.54, 1.807) is 12.1 Å². The molecule has 0 aliphatic rings. The number of ketones is 1. The summed E-state index contributed by atoms with van der Waals surface area (Å²) >= 11 is 3.25. The molecule has 0 spiro atoms. The van der Waals surface area contributed by atoms with Crippen LogP contribution in [-0.2, 0) is 6.42 Å². The first-order valence-electron chi connectivity index (χ1n) is 5.82. The van der Waals surface area contributed by atoms with E-state index in [9.17, 15) is 13.6 Å². The minimum absolute atomic E-state index is 0.229. The molecule has 0 saturated carbocycles. The molecule has 0 N–H and O–H groups in total. The molecule has 0 heterocycles. The SMILES string of the molecule is COc1ccc(Br)c(C(=O)Cc2c(F)cccc2F)c1. The van der Waals surface area contributed by atoms with E-state index in [0.29, 0.717) is 15.8 Å². The Balaban J connectivity index is 2.33. The van der Waals surface area contributed by atoms with Gasteiger partial charge in [-0.2, -0.15) is 0 Å². The van der Waals surface area contributed by atoms with Crippen LogP contribution in [0.15, 0.2) is 40.9 Å². The van der Waals surface area contributed by atoms with E-state index >= 15 is 0 Å². The molecule has 0 saturated heterocycles. The zero-order valence-corrected chi connectivity index (χ0v) is 12.2. The van der Waals surface area contributed by atoms with Gasteiger partial charge in [0.25, 0.3) is 0 Å². The van der Waals surface area contributed by atoms with Crippen LogP contribution < -0.4 is 4.74 Å². The van der Waals surface area contributed by atoms with Gasteiger partial charge in [0.2, 0.25) is 0 Å².